The molecule has 0 aliphatic heterocycles. The lowest BCUT2D eigenvalue weighted by molar-refractivity contribution is 0.322. The van der Waals surface area contributed by atoms with Gasteiger partial charge in [0.05, 0.1) is 6.04 Å². The maximum absolute atomic E-state index is 4.69. The molecule has 2 aliphatic carbocycles. The minimum absolute atomic E-state index is 0.692. The number of halogens is 1. The fourth-order valence-corrected chi connectivity index (χ4v) is 3.64. The number of aromatic nitrogens is 2. The molecule has 1 fully saturated rings. The Morgan fingerprint density at radius 1 is 1.07 bits per heavy atom. The lowest BCUT2D eigenvalue weighted by Crippen LogP contribution is -2.16. The van der Waals surface area contributed by atoms with Gasteiger partial charge < -0.3 is 0 Å². The number of rotatable bonds is 1. The maximum atomic E-state index is 4.69. The molecule has 0 bridgehead atoms. The van der Waals surface area contributed by atoms with Crippen molar-refractivity contribution in [3.05, 3.63) is 15.9 Å². The highest BCUT2D eigenvalue weighted by molar-refractivity contribution is 9.10. The molecule has 0 radical (unpaired) electrons. The van der Waals surface area contributed by atoms with E-state index in [-0.39, 0.29) is 0 Å². The molecule has 15 heavy (non-hydrogen) atoms. The molecule has 0 unspecified atom stereocenters. The van der Waals surface area contributed by atoms with Crippen LogP contribution < -0.4 is 0 Å². The van der Waals surface area contributed by atoms with Gasteiger partial charge in [0, 0.05) is 11.3 Å². The Morgan fingerprint density at radius 2 is 1.87 bits per heavy atom. The molecule has 0 atom stereocenters. The summed E-state index contributed by atoms with van der Waals surface area (Å²) < 4.78 is 3.45. The number of fused-ring (bicyclic) bond motifs is 1. The molecule has 0 amide bonds. The summed E-state index contributed by atoms with van der Waals surface area (Å²) in [6.45, 7) is 0. The molecule has 1 aromatic heterocycles. The number of hydrogen-bond acceptors (Lipinski definition) is 1. The van der Waals surface area contributed by atoms with Crippen molar-refractivity contribution in [2.24, 2.45) is 0 Å². The van der Waals surface area contributed by atoms with Crippen LogP contribution in [0, 0.1) is 0 Å². The number of hydrogen-bond donors (Lipinski definition) is 0. The van der Waals surface area contributed by atoms with Crippen molar-refractivity contribution in [3.8, 4) is 0 Å². The second kappa shape index (κ2) is 3.93. The van der Waals surface area contributed by atoms with Crippen LogP contribution in [0.5, 0.6) is 0 Å². The predicted octanol–water partition coefficient (Wildman–Crippen LogP) is 3.64. The maximum Gasteiger partial charge on any atom is 0.131 e. The molecule has 0 spiro atoms. The van der Waals surface area contributed by atoms with E-state index in [0.29, 0.717) is 6.04 Å². The molecule has 1 aromatic rings. The van der Waals surface area contributed by atoms with Crippen LogP contribution in [0.15, 0.2) is 4.60 Å². The van der Waals surface area contributed by atoms with Gasteiger partial charge in [-0.3, -0.25) is 4.68 Å². The van der Waals surface area contributed by atoms with Gasteiger partial charge in [0.1, 0.15) is 4.60 Å². The molecule has 1 saturated carbocycles. The van der Waals surface area contributed by atoms with Gasteiger partial charge in [0.2, 0.25) is 0 Å². The second-order valence-corrected chi connectivity index (χ2v) is 5.56. The smallest absolute Gasteiger partial charge is 0.131 e. The fourth-order valence-electron chi connectivity index (χ4n) is 3.05. The molecular weight excluding hydrogens is 252 g/mol. The summed E-state index contributed by atoms with van der Waals surface area (Å²) in [7, 11) is 0. The fraction of sp³-hybridized carbons (Fsp3) is 0.750. The molecule has 3 rings (SSSR count). The van der Waals surface area contributed by atoms with Gasteiger partial charge in [-0.2, -0.15) is 5.10 Å². The Kier molecular flexibility index (Phi) is 2.59. The van der Waals surface area contributed by atoms with Crippen molar-refractivity contribution < 1.29 is 0 Å². The summed E-state index contributed by atoms with van der Waals surface area (Å²) in [5.74, 6) is 0. The monoisotopic (exact) mass is 268 g/mol. The van der Waals surface area contributed by atoms with Gasteiger partial charge in [-0.1, -0.05) is 19.3 Å². The van der Waals surface area contributed by atoms with E-state index in [2.05, 4.69) is 25.7 Å². The zero-order valence-corrected chi connectivity index (χ0v) is 10.6. The molecule has 0 aromatic carbocycles. The second-order valence-electron chi connectivity index (χ2n) is 4.81. The van der Waals surface area contributed by atoms with Crippen LogP contribution in [0.3, 0.4) is 0 Å². The van der Waals surface area contributed by atoms with E-state index in [9.17, 15) is 0 Å². The first-order chi connectivity index (χ1) is 7.36. The number of nitrogens with zero attached hydrogens (tertiary/aromatic N) is 2. The Labute approximate surface area is 99.2 Å². The average Bonchev–Trinajstić information content (AvgIpc) is 2.84. The topological polar surface area (TPSA) is 17.8 Å². The molecule has 82 valence electrons. The molecule has 3 heteroatoms. The van der Waals surface area contributed by atoms with Gasteiger partial charge in [-0.05, 0) is 48.0 Å². The van der Waals surface area contributed by atoms with Crippen molar-refractivity contribution in [3.63, 3.8) is 0 Å². The van der Waals surface area contributed by atoms with Crippen LogP contribution in [0.2, 0.25) is 0 Å². The first-order valence-electron chi connectivity index (χ1n) is 6.12. The summed E-state index contributed by atoms with van der Waals surface area (Å²) >= 11 is 3.60. The zero-order valence-electron chi connectivity index (χ0n) is 9.01. The third-order valence-corrected chi connectivity index (χ3v) is 4.47. The summed E-state index contributed by atoms with van der Waals surface area (Å²) in [5.41, 5.74) is 3.01. The summed E-state index contributed by atoms with van der Waals surface area (Å²) in [6, 6.07) is 0.692. The summed E-state index contributed by atoms with van der Waals surface area (Å²) in [4.78, 5) is 0. The Balaban J connectivity index is 1.93. The predicted molar refractivity (Wildman–Crippen MR) is 64.1 cm³/mol. The third kappa shape index (κ3) is 1.65. The molecule has 0 saturated heterocycles. The Morgan fingerprint density at radius 3 is 2.67 bits per heavy atom. The Hall–Kier alpha value is -0.310. The standard InChI is InChI=1S/C12H17BrN2/c13-12-10-7-4-8-11(10)15(14-12)9-5-2-1-3-6-9/h9H,1-8H2. The lowest BCUT2D eigenvalue weighted by Gasteiger charge is -2.23. The molecule has 2 aliphatic rings. The van der Waals surface area contributed by atoms with Crippen molar-refractivity contribution in [2.45, 2.75) is 57.4 Å². The van der Waals surface area contributed by atoms with Crippen LogP contribution >= 0.6 is 15.9 Å². The first kappa shape index (κ1) is 9.88. The zero-order chi connectivity index (χ0) is 10.3. The van der Waals surface area contributed by atoms with Crippen molar-refractivity contribution in [2.75, 3.05) is 0 Å². The van der Waals surface area contributed by atoms with Gasteiger partial charge in [0.15, 0.2) is 0 Å². The van der Waals surface area contributed by atoms with E-state index in [1.165, 1.54) is 62.6 Å². The van der Waals surface area contributed by atoms with Crippen LogP contribution in [0.1, 0.15) is 55.8 Å². The van der Waals surface area contributed by atoms with E-state index in [1.54, 1.807) is 0 Å². The minimum Gasteiger partial charge on any atom is -0.265 e. The highest BCUT2D eigenvalue weighted by atomic mass is 79.9. The average molecular weight is 269 g/mol. The normalized spacial score (nSPS) is 21.9. The minimum atomic E-state index is 0.692. The largest absolute Gasteiger partial charge is 0.265 e. The molecule has 2 nitrogen and oxygen atoms in total. The molecule has 1 heterocycles. The van der Waals surface area contributed by atoms with E-state index in [4.69, 9.17) is 0 Å². The van der Waals surface area contributed by atoms with Gasteiger partial charge in [-0.15, -0.1) is 0 Å². The van der Waals surface area contributed by atoms with Crippen LogP contribution in [0.4, 0.5) is 0 Å². The van der Waals surface area contributed by atoms with Crippen LogP contribution in [-0.2, 0) is 12.8 Å². The van der Waals surface area contributed by atoms with Crippen molar-refractivity contribution in [1.29, 1.82) is 0 Å². The van der Waals surface area contributed by atoms with E-state index < -0.39 is 0 Å². The molecular formula is C12H17BrN2. The van der Waals surface area contributed by atoms with Gasteiger partial charge in [0.25, 0.3) is 0 Å². The van der Waals surface area contributed by atoms with Crippen LogP contribution in [-0.4, -0.2) is 9.78 Å². The summed E-state index contributed by atoms with van der Waals surface area (Å²) in [5, 5.41) is 4.69. The van der Waals surface area contributed by atoms with E-state index >= 15 is 0 Å². The van der Waals surface area contributed by atoms with Crippen molar-refractivity contribution in [1.82, 2.24) is 9.78 Å². The summed E-state index contributed by atoms with van der Waals surface area (Å²) in [6.07, 6.45) is 10.6. The van der Waals surface area contributed by atoms with E-state index in [0.717, 1.165) is 4.60 Å². The molecule has 0 N–H and O–H groups in total. The first-order valence-corrected chi connectivity index (χ1v) is 6.91. The van der Waals surface area contributed by atoms with E-state index in [1.807, 2.05) is 0 Å². The quantitative estimate of drug-likeness (QED) is 0.761. The Bertz CT molecular complexity index is 364. The van der Waals surface area contributed by atoms with Crippen molar-refractivity contribution >= 4 is 15.9 Å². The third-order valence-electron chi connectivity index (χ3n) is 3.83. The SMILES string of the molecule is Brc1nn(C2CCCCC2)c2c1CCC2. The van der Waals surface area contributed by atoms with Gasteiger partial charge in [-0.25, -0.2) is 0 Å². The van der Waals surface area contributed by atoms with Gasteiger partial charge >= 0.3 is 0 Å². The lowest BCUT2D eigenvalue weighted by atomic mass is 9.95. The highest BCUT2D eigenvalue weighted by Gasteiger charge is 2.25. The highest BCUT2D eigenvalue weighted by Crippen LogP contribution is 2.35. The van der Waals surface area contributed by atoms with Crippen LogP contribution in [0.25, 0.3) is 0 Å².